The van der Waals surface area contributed by atoms with Gasteiger partial charge in [-0.3, -0.25) is 4.90 Å². The molecule has 1 aliphatic carbocycles. The summed E-state index contributed by atoms with van der Waals surface area (Å²) in [5, 5.41) is 13.4. The quantitative estimate of drug-likeness (QED) is 0.651. The number of ether oxygens (including phenoxy) is 1. The van der Waals surface area contributed by atoms with Gasteiger partial charge in [-0.15, -0.1) is 0 Å². The van der Waals surface area contributed by atoms with Gasteiger partial charge in [0.1, 0.15) is 0 Å². The van der Waals surface area contributed by atoms with Gasteiger partial charge in [0.2, 0.25) is 0 Å². The van der Waals surface area contributed by atoms with Crippen LogP contribution >= 0.6 is 0 Å². The van der Waals surface area contributed by atoms with E-state index in [9.17, 15) is 5.11 Å². The summed E-state index contributed by atoms with van der Waals surface area (Å²) in [6.45, 7) is 4.22. The number of β-amino-alcohol motifs (C(OH)–C–C–N with tert-alkyl or cyclic N) is 1. The highest BCUT2D eigenvalue weighted by atomic mass is 16.5. The molecule has 19 heavy (non-hydrogen) atoms. The first-order valence-corrected chi connectivity index (χ1v) is 7.93. The summed E-state index contributed by atoms with van der Waals surface area (Å²) in [6.07, 6.45) is 8.04. The van der Waals surface area contributed by atoms with Gasteiger partial charge in [-0.25, -0.2) is 0 Å². The molecule has 0 bridgehead atoms. The fourth-order valence-corrected chi connectivity index (χ4v) is 3.73. The Kier molecular flexibility index (Phi) is 6.57. The Balaban J connectivity index is 1.68. The van der Waals surface area contributed by atoms with Crippen LogP contribution in [-0.4, -0.2) is 62.0 Å². The number of nitrogens with one attached hydrogen (secondary N) is 1. The first-order chi connectivity index (χ1) is 9.31. The fraction of sp³-hybridized carbons (Fsp3) is 1.00. The smallest absolute Gasteiger partial charge is 0.0791 e. The number of aliphatic hydroxyl groups is 1. The predicted octanol–water partition coefficient (Wildman–Crippen LogP) is 1.24. The minimum atomic E-state index is -0.251. The average molecular weight is 270 g/mol. The van der Waals surface area contributed by atoms with Gasteiger partial charge in [-0.1, -0.05) is 12.8 Å². The lowest BCUT2D eigenvalue weighted by molar-refractivity contribution is 0.0870. The zero-order valence-electron chi connectivity index (χ0n) is 12.3. The minimum Gasteiger partial charge on any atom is -0.390 e. The van der Waals surface area contributed by atoms with Crippen molar-refractivity contribution in [3.05, 3.63) is 0 Å². The van der Waals surface area contributed by atoms with Crippen LogP contribution in [0, 0.1) is 5.92 Å². The SMILES string of the molecule is COCCNCC(O)CN1CCCC1C1CCCC1. The summed E-state index contributed by atoms with van der Waals surface area (Å²) in [6, 6.07) is 0.746. The van der Waals surface area contributed by atoms with E-state index in [-0.39, 0.29) is 6.10 Å². The maximum absolute atomic E-state index is 10.1. The van der Waals surface area contributed by atoms with Crippen LogP contribution in [0.5, 0.6) is 0 Å². The average Bonchev–Trinajstić information content (AvgIpc) is 3.04. The van der Waals surface area contributed by atoms with Crippen molar-refractivity contribution in [2.24, 2.45) is 5.92 Å². The molecule has 0 spiro atoms. The third-order valence-electron chi connectivity index (χ3n) is 4.67. The van der Waals surface area contributed by atoms with E-state index in [1.165, 1.54) is 45.1 Å². The molecule has 2 unspecified atom stereocenters. The van der Waals surface area contributed by atoms with Crippen LogP contribution in [0.3, 0.4) is 0 Å². The standard InChI is InChI=1S/C15H30N2O2/c1-19-10-8-16-11-14(18)12-17-9-4-7-15(17)13-5-2-3-6-13/h13-16,18H,2-12H2,1H3. The minimum absolute atomic E-state index is 0.251. The summed E-state index contributed by atoms with van der Waals surface area (Å²) in [4.78, 5) is 2.54. The van der Waals surface area contributed by atoms with E-state index in [1.807, 2.05) is 0 Å². The second-order valence-electron chi connectivity index (χ2n) is 6.10. The van der Waals surface area contributed by atoms with Crippen molar-refractivity contribution in [3.63, 3.8) is 0 Å². The number of rotatable bonds is 8. The molecule has 1 aliphatic heterocycles. The molecule has 2 rings (SSSR count). The van der Waals surface area contributed by atoms with Crippen LogP contribution in [0.4, 0.5) is 0 Å². The van der Waals surface area contributed by atoms with Gasteiger partial charge >= 0.3 is 0 Å². The summed E-state index contributed by atoms with van der Waals surface area (Å²) in [5.41, 5.74) is 0. The van der Waals surface area contributed by atoms with E-state index in [0.717, 1.165) is 25.0 Å². The highest BCUT2D eigenvalue weighted by molar-refractivity contribution is 4.88. The molecule has 4 nitrogen and oxygen atoms in total. The Labute approximate surface area is 117 Å². The molecule has 4 heteroatoms. The van der Waals surface area contributed by atoms with E-state index >= 15 is 0 Å². The molecule has 0 radical (unpaired) electrons. The van der Waals surface area contributed by atoms with Gasteiger partial charge in [-0.2, -0.15) is 0 Å². The summed E-state index contributed by atoms with van der Waals surface area (Å²) >= 11 is 0. The van der Waals surface area contributed by atoms with Crippen molar-refractivity contribution in [1.29, 1.82) is 0 Å². The van der Waals surface area contributed by atoms with E-state index in [0.29, 0.717) is 13.2 Å². The van der Waals surface area contributed by atoms with Crippen LogP contribution in [-0.2, 0) is 4.74 Å². The molecule has 0 aromatic heterocycles. The lowest BCUT2D eigenvalue weighted by atomic mass is 9.96. The Hall–Kier alpha value is -0.160. The Morgan fingerprint density at radius 1 is 1.26 bits per heavy atom. The van der Waals surface area contributed by atoms with Gasteiger partial charge in [-0.05, 0) is 38.1 Å². The molecule has 2 N–H and O–H groups in total. The van der Waals surface area contributed by atoms with Crippen molar-refractivity contribution in [1.82, 2.24) is 10.2 Å². The summed E-state index contributed by atoms with van der Waals surface area (Å²) in [5.74, 6) is 0.899. The lowest BCUT2D eigenvalue weighted by Gasteiger charge is -2.31. The second kappa shape index (κ2) is 8.20. The lowest BCUT2D eigenvalue weighted by Crippen LogP contribution is -2.43. The first-order valence-electron chi connectivity index (χ1n) is 7.93. The maximum Gasteiger partial charge on any atom is 0.0791 e. The third kappa shape index (κ3) is 4.71. The van der Waals surface area contributed by atoms with Gasteiger partial charge in [0.15, 0.2) is 0 Å². The number of hydrogen-bond acceptors (Lipinski definition) is 4. The monoisotopic (exact) mass is 270 g/mol. The highest BCUT2D eigenvalue weighted by Gasteiger charge is 2.33. The molecule has 0 aromatic rings. The number of aliphatic hydroxyl groups excluding tert-OH is 1. The molecular formula is C15H30N2O2. The molecule has 0 amide bonds. The van der Waals surface area contributed by atoms with Gasteiger partial charge in [0, 0.05) is 32.8 Å². The predicted molar refractivity (Wildman–Crippen MR) is 77.3 cm³/mol. The van der Waals surface area contributed by atoms with Gasteiger partial charge in [0.05, 0.1) is 12.7 Å². The van der Waals surface area contributed by atoms with Crippen LogP contribution in [0.2, 0.25) is 0 Å². The Morgan fingerprint density at radius 2 is 2.05 bits per heavy atom. The Bertz CT molecular complexity index is 244. The normalized spacial score (nSPS) is 27.2. The molecule has 0 aromatic carbocycles. The third-order valence-corrected chi connectivity index (χ3v) is 4.67. The van der Waals surface area contributed by atoms with Crippen LogP contribution < -0.4 is 5.32 Å². The number of likely N-dealkylation sites (tertiary alicyclic amines) is 1. The molecule has 1 saturated heterocycles. The number of methoxy groups -OCH3 is 1. The molecule has 2 fully saturated rings. The molecule has 2 atom stereocenters. The van der Waals surface area contributed by atoms with Gasteiger partial charge < -0.3 is 15.2 Å². The summed E-state index contributed by atoms with van der Waals surface area (Å²) < 4.78 is 4.99. The van der Waals surface area contributed by atoms with Crippen molar-refractivity contribution < 1.29 is 9.84 Å². The van der Waals surface area contributed by atoms with Crippen molar-refractivity contribution in [3.8, 4) is 0 Å². The first kappa shape index (κ1) is 15.2. The van der Waals surface area contributed by atoms with Crippen molar-refractivity contribution in [2.45, 2.75) is 50.7 Å². The fourth-order valence-electron chi connectivity index (χ4n) is 3.73. The largest absolute Gasteiger partial charge is 0.390 e. The Morgan fingerprint density at radius 3 is 2.79 bits per heavy atom. The zero-order valence-corrected chi connectivity index (χ0v) is 12.3. The van der Waals surface area contributed by atoms with E-state index in [1.54, 1.807) is 7.11 Å². The molecule has 1 saturated carbocycles. The van der Waals surface area contributed by atoms with Crippen molar-refractivity contribution >= 4 is 0 Å². The zero-order chi connectivity index (χ0) is 13.5. The van der Waals surface area contributed by atoms with Crippen molar-refractivity contribution in [2.75, 3.05) is 39.9 Å². The highest BCUT2D eigenvalue weighted by Crippen LogP contribution is 2.35. The number of hydrogen-bond donors (Lipinski definition) is 2. The van der Waals surface area contributed by atoms with Crippen LogP contribution in [0.25, 0.3) is 0 Å². The summed E-state index contributed by atoms with van der Waals surface area (Å²) in [7, 11) is 1.70. The second-order valence-corrected chi connectivity index (χ2v) is 6.10. The number of nitrogens with zero attached hydrogens (tertiary/aromatic N) is 1. The molecule has 1 heterocycles. The molecular weight excluding hydrogens is 240 g/mol. The molecule has 2 aliphatic rings. The maximum atomic E-state index is 10.1. The van der Waals surface area contributed by atoms with E-state index in [4.69, 9.17) is 4.74 Å². The van der Waals surface area contributed by atoms with Crippen LogP contribution in [0.15, 0.2) is 0 Å². The van der Waals surface area contributed by atoms with E-state index < -0.39 is 0 Å². The molecule has 112 valence electrons. The van der Waals surface area contributed by atoms with Crippen LogP contribution in [0.1, 0.15) is 38.5 Å². The topological polar surface area (TPSA) is 44.7 Å². The van der Waals surface area contributed by atoms with Gasteiger partial charge in [0.25, 0.3) is 0 Å². The van der Waals surface area contributed by atoms with E-state index in [2.05, 4.69) is 10.2 Å².